The van der Waals surface area contributed by atoms with E-state index in [1.54, 1.807) is 13.8 Å². The highest BCUT2D eigenvalue weighted by Crippen LogP contribution is 2.36. The summed E-state index contributed by atoms with van der Waals surface area (Å²) in [5, 5.41) is 9.09. The quantitative estimate of drug-likeness (QED) is 0.739. The first kappa shape index (κ1) is 18.9. The maximum Gasteiger partial charge on any atom is 0.335 e. The van der Waals surface area contributed by atoms with Crippen LogP contribution in [0.2, 0.25) is 8.67 Å². The summed E-state index contributed by atoms with van der Waals surface area (Å²) >= 11 is 12.6. The Morgan fingerprint density at radius 2 is 1.96 bits per heavy atom. The summed E-state index contributed by atoms with van der Waals surface area (Å²) in [6, 6.07) is 5.12. The molecule has 0 fully saturated rings. The lowest BCUT2D eigenvalue weighted by Gasteiger charge is -2.16. The van der Waals surface area contributed by atoms with E-state index in [1.807, 2.05) is 0 Å². The van der Waals surface area contributed by atoms with Gasteiger partial charge in [-0.05, 0) is 38.1 Å². The van der Waals surface area contributed by atoms with Gasteiger partial charge in [-0.25, -0.2) is 13.2 Å². The molecular formula is C14H13Cl2NO5S2. The van der Waals surface area contributed by atoms with Crippen molar-refractivity contribution in [2.24, 2.45) is 0 Å². The molecular weight excluding hydrogens is 397 g/mol. The van der Waals surface area contributed by atoms with E-state index >= 15 is 0 Å². The first-order chi connectivity index (χ1) is 11.1. The first-order valence-corrected chi connectivity index (χ1v) is 9.67. The molecule has 10 heteroatoms. The minimum absolute atomic E-state index is 0.00184. The second-order valence-electron chi connectivity index (χ2n) is 4.98. The Balaban J connectivity index is 2.47. The van der Waals surface area contributed by atoms with E-state index in [2.05, 4.69) is 4.72 Å². The van der Waals surface area contributed by atoms with Crippen molar-refractivity contribution in [3.05, 3.63) is 38.5 Å². The number of hydrogen-bond acceptors (Lipinski definition) is 5. The van der Waals surface area contributed by atoms with Crippen molar-refractivity contribution in [1.29, 1.82) is 0 Å². The van der Waals surface area contributed by atoms with Gasteiger partial charge < -0.3 is 9.84 Å². The number of hydrogen-bond donors (Lipinski definition) is 2. The largest absolute Gasteiger partial charge is 0.489 e. The third kappa shape index (κ3) is 4.32. The number of rotatable bonds is 6. The van der Waals surface area contributed by atoms with Crippen LogP contribution < -0.4 is 9.46 Å². The molecule has 2 rings (SSSR count). The number of nitrogens with one attached hydrogen (secondary N) is 1. The van der Waals surface area contributed by atoms with Gasteiger partial charge in [0.1, 0.15) is 15.0 Å². The Bertz CT molecular complexity index is 877. The minimum atomic E-state index is -4.05. The Hall–Kier alpha value is -1.48. The highest BCUT2D eigenvalue weighted by atomic mass is 35.5. The van der Waals surface area contributed by atoms with Gasteiger partial charge in [0.05, 0.1) is 21.7 Å². The molecule has 6 nitrogen and oxygen atoms in total. The minimum Gasteiger partial charge on any atom is -0.489 e. The van der Waals surface area contributed by atoms with Crippen molar-refractivity contribution < 1.29 is 23.1 Å². The molecule has 0 aliphatic rings. The summed E-state index contributed by atoms with van der Waals surface area (Å²) in [4.78, 5) is 10.9. The zero-order chi connectivity index (χ0) is 18.1. The molecule has 0 aliphatic heterocycles. The number of ether oxygens (including phenoxy) is 1. The number of sulfonamides is 1. The molecule has 0 saturated heterocycles. The van der Waals surface area contributed by atoms with Crippen LogP contribution in [0.5, 0.6) is 5.75 Å². The summed E-state index contributed by atoms with van der Waals surface area (Å²) in [6.45, 7) is 3.53. The highest BCUT2D eigenvalue weighted by molar-refractivity contribution is 7.93. The summed E-state index contributed by atoms with van der Waals surface area (Å²) in [5.74, 6) is -0.987. The van der Waals surface area contributed by atoms with Crippen LogP contribution in [-0.2, 0) is 10.0 Å². The lowest BCUT2D eigenvalue weighted by molar-refractivity contribution is 0.0697. The lowest BCUT2D eigenvalue weighted by Crippen LogP contribution is -2.15. The van der Waals surface area contributed by atoms with E-state index < -0.39 is 16.0 Å². The molecule has 0 amide bonds. The monoisotopic (exact) mass is 409 g/mol. The second kappa shape index (κ2) is 7.18. The number of carbonyl (C=O) groups is 1. The van der Waals surface area contributed by atoms with E-state index in [0.717, 1.165) is 11.3 Å². The third-order valence-corrected chi connectivity index (χ3v) is 5.87. The predicted molar refractivity (Wildman–Crippen MR) is 94.3 cm³/mol. The number of benzene rings is 1. The fourth-order valence-electron chi connectivity index (χ4n) is 1.81. The van der Waals surface area contributed by atoms with Crippen LogP contribution in [0.1, 0.15) is 24.2 Å². The molecule has 0 radical (unpaired) electrons. The van der Waals surface area contributed by atoms with Crippen molar-refractivity contribution in [3.63, 3.8) is 0 Å². The highest BCUT2D eigenvalue weighted by Gasteiger charge is 2.23. The SMILES string of the molecule is CC(C)Oc1ccc(C(=O)O)cc1NS(=O)(=O)c1cc(Cl)sc1Cl. The number of aromatic carboxylic acids is 1. The summed E-state index contributed by atoms with van der Waals surface area (Å²) < 4.78 is 33.1. The van der Waals surface area contributed by atoms with Gasteiger partial charge in [0.15, 0.2) is 0 Å². The molecule has 0 aliphatic carbocycles. The zero-order valence-corrected chi connectivity index (χ0v) is 15.7. The fourth-order valence-corrected chi connectivity index (χ4v) is 5.02. The Morgan fingerprint density at radius 1 is 1.29 bits per heavy atom. The molecule has 1 aromatic carbocycles. The van der Waals surface area contributed by atoms with Gasteiger partial charge in [-0.3, -0.25) is 4.72 Å². The normalized spacial score (nSPS) is 11.5. The van der Waals surface area contributed by atoms with Gasteiger partial charge in [-0.1, -0.05) is 23.2 Å². The number of carboxylic acid groups (broad SMARTS) is 1. The van der Waals surface area contributed by atoms with Gasteiger partial charge in [0, 0.05) is 0 Å². The van der Waals surface area contributed by atoms with Crippen LogP contribution >= 0.6 is 34.5 Å². The number of thiophene rings is 1. The van der Waals surface area contributed by atoms with Crippen molar-refractivity contribution in [1.82, 2.24) is 0 Å². The smallest absolute Gasteiger partial charge is 0.335 e. The maximum atomic E-state index is 12.5. The van der Waals surface area contributed by atoms with Crippen LogP contribution in [0.25, 0.3) is 0 Å². The van der Waals surface area contributed by atoms with Crippen molar-refractivity contribution in [3.8, 4) is 5.75 Å². The van der Waals surface area contributed by atoms with Crippen LogP contribution in [0.3, 0.4) is 0 Å². The van der Waals surface area contributed by atoms with Gasteiger partial charge >= 0.3 is 5.97 Å². The summed E-state index contributed by atoms with van der Waals surface area (Å²) in [6.07, 6.45) is -0.233. The van der Waals surface area contributed by atoms with Gasteiger partial charge in [0.2, 0.25) is 0 Å². The van der Waals surface area contributed by atoms with Crippen molar-refractivity contribution >= 4 is 56.2 Å². The first-order valence-electron chi connectivity index (χ1n) is 6.62. The topological polar surface area (TPSA) is 92.7 Å². The lowest BCUT2D eigenvalue weighted by atomic mass is 10.2. The average molecular weight is 410 g/mol. The molecule has 130 valence electrons. The van der Waals surface area contributed by atoms with Crippen LogP contribution in [0.15, 0.2) is 29.2 Å². The number of halogens is 2. The van der Waals surface area contributed by atoms with Gasteiger partial charge in [-0.2, -0.15) is 0 Å². The standard InChI is InChI=1S/C14H13Cl2NO5S2/c1-7(2)22-10-4-3-8(14(18)19)5-9(10)17-24(20,21)11-6-12(15)23-13(11)16/h3-7,17H,1-2H3,(H,18,19). The predicted octanol–water partition coefficient (Wildman–Crippen LogP) is 4.34. The summed E-state index contributed by atoms with van der Waals surface area (Å²) in [5.41, 5.74) is -0.0831. The Labute approximate surface area is 153 Å². The van der Waals surface area contributed by atoms with Crippen LogP contribution in [-0.4, -0.2) is 25.6 Å². The van der Waals surface area contributed by atoms with E-state index in [-0.39, 0.29) is 36.7 Å². The molecule has 1 heterocycles. The molecule has 24 heavy (non-hydrogen) atoms. The van der Waals surface area contributed by atoms with Crippen molar-refractivity contribution in [2.45, 2.75) is 24.8 Å². The van der Waals surface area contributed by atoms with E-state index in [0.29, 0.717) is 0 Å². The van der Waals surface area contributed by atoms with E-state index in [9.17, 15) is 13.2 Å². The van der Waals surface area contributed by atoms with Crippen molar-refractivity contribution in [2.75, 3.05) is 4.72 Å². The van der Waals surface area contributed by atoms with Gasteiger partial charge in [0.25, 0.3) is 10.0 Å². The number of anilines is 1. The molecule has 0 bridgehead atoms. The molecule has 2 N–H and O–H groups in total. The molecule has 0 spiro atoms. The third-order valence-electron chi connectivity index (χ3n) is 2.75. The Morgan fingerprint density at radius 3 is 2.46 bits per heavy atom. The maximum absolute atomic E-state index is 12.5. The Kier molecular flexibility index (Phi) is 5.64. The molecule has 0 atom stereocenters. The molecule has 1 aromatic heterocycles. The molecule has 0 unspecified atom stereocenters. The molecule has 2 aromatic rings. The average Bonchev–Trinajstić information content (AvgIpc) is 2.79. The molecule has 0 saturated carbocycles. The zero-order valence-electron chi connectivity index (χ0n) is 12.5. The van der Waals surface area contributed by atoms with E-state index in [4.69, 9.17) is 33.0 Å². The van der Waals surface area contributed by atoms with E-state index in [1.165, 1.54) is 24.3 Å². The fraction of sp³-hybridized carbons (Fsp3) is 0.214. The number of carboxylic acids is 1. The van der Waals surface area contributed by atoms with Crippen LogP contribution in [0, 0.1) is 0 Å². The van der Waals surface area contributed by atoms with Crippen LogP contribution in [0.4, 0.5) is 5.69 Å². The second-order valence-corrected chi connectivity index (χ2v) is 8.91. The summed E-state index contributed by atoms with van der Waals surface area (Å²) in [7, 11) is -4.05. The van der Waals surface area contributed by atoms with Gasteiger partial charge in [-0.15, -0.1) is 11.3 Å².